The summed E-state index contributed by atoms with van der Waals surface area (Å²) in [6, 6.07) is -0.601. The lowest BCUT2D eigenvalue weighted by Gasteiger charge is -2.30. The molecule has 0 spiro atoms. The minimum atomic E-state index is -0.601. The van der Waals surface area contributed by atoms with Crippen molar-refractivity contribution in [1.82, 2.24) is 9.80 Å². The van der Waals surface area contributed by atoms with Crippen LogP contribution < -0.4 is 0 Å². The summed E-state index contributed by atoms with van der Waals surface area (Å²) < 4.78 is 0. The first-order chi connectivity index (χ1) is 8.20. The number of rotatable bonds is 1. The van der Waals surface area contributed by atoms with Crippen LogP contribution in [-0.2, 0) is 9.59 Å². The van der Waals surface area contributed by atoms with Crippen LogP contribution in [0.25, 0.3) is 0 Å². The second kappa shape index (κ2) is 4.76. The van der Waals surface area contributed by atoms with Crippen LogP contribution in [0.5, 0.6) is 0 Å². The molecule has 18 heavy (non-hydrogen) atoms. The molecule has 1 rings (SSSR count). The molecule has 5 nitrogen and oxygen atoms in total. The van der Waals surface area contributed by atoms with E-state index >= 15 is 0 Å². The molecule has 98 valence electrons. The molecule has 4 amide bonds. The lowest BCUT2D eigenvalue weighted by Crippen LogP contribution is -2.53. The van der Waals surface area contributed by atoms with Gasteiger partial charge in [-0.25, -0.2) is 4.79 Å². The molecular formula is C13H18N2O3. The Labute approximate surface area is 107 Å². The third-order valence-corrected chi connectivity index (χ3v) is 3.30. The van der Waals surface area contributed by atoms with Crippen molar-refractivity contribution >= 4 is 17.8 Å². The summed E-state index contributed by atoms with van der Waals surface area (Å²) in [5, 5.41) is 0. The third kappa shape index (κ3) is 2.08. The maximum absolute atomic E-state index is 12.0. The minimum absolute atomic E-state index is 0.0679. The molecule has 1 aliphatic rings. The van der Waals surface area contributed by atoms with Crippen LogP contribution in [0.4, 0.5) is 4.79 Å². The van der Waals surface area contributed by atoms with E-state index in [0.29, 0.717) is 5.57 Å². The molecule has 1 saturated heterocycles. The van der Waals surface area contributed by atoms with Crippen LogP contribution in [0, 0.1) is 0 Å². The molecule has 5 heteroatoms. The Balaban J connectivity index is 3.44. The summed E-state index contributed by atoms with van der Waals surface area (Å²) in [6.45, 7) is 7.41. The first-order valence-electron chi connectivity index (χ1n) is 5.65. The van der Waals surface area contributed by atoms with Crippen molar-refractivity contribution in [3.05, 3.63) is 22.3 Å². The average Bonchev–Trinajstić information content (AvgIpc) is 2.32. The van der Waals surface area contributed by atoms with E-state index in [-0.39, 0.29) is 5.57 Å². The van der Waals surface area contributed by atoms with Gasteiger partial charge in [0.2, 0.25) is 0 Å². The maximum atomic E-state index is 12.0. The van der Waals surface area contributed by atoms with Crippen molar-refractivity contribution in [3.8, 4) is 0 Å². The van der Waals surface area contributed by atoms with E-state index in [4.69, 9.17) is 0 Å². The number of nitrogens with zero attached hydrogens (tertiary/aromatic N) is 2. The Hall–Kier alpha value is -1.91. The smallest absolute Gasteiger partial charge is 0.268 e. The lowest BCUT2D eigenvalue weighted by atomic mass is 9.96. The van der Waals surface area contributed by atoms with Crippen molar-refractivity contribution in [2.24, 2.45) is 0 Å². The Bertz CT molecular complexity index is 470. The van der Waals surface area contributed by atoms with Gasteiger partial charge in [0.05, 0.1) is 0 Å². The van der Waals surface area contributed by atoms with Gasteiger partial charge in [0, 0.05) is 14.1 Å². The number of allylic oxidation sites excluding steroid dienone is 3. The number of amides is 4. The van der Waals surface area contributed by atoms with Crippen molar-refractivity contribution in [3.63, 3.8) is 0 Å². The summed E-state index contributed by atoms with van der Waals surface area (Å²) in [5.41, 5.74) is 2.61. The molecule has 0 bridgehead atoms. The second-order valence-electron chi connectivity index (χ2n) is 4.64. The fourth-order valence-corrected chi connectivity index (χ4v) is 1.71. The normalized spacial score (nSPS) is 16.3. The lowest BCUT2D eigenvalue weighted by molar-refractivity contribution is -0.134. The molecule has 1 aliphatic heterocycles. The molecule has 0 atom stereocenters. The van der Waals surface area contributed by atoms with Crippen molar-refractivity contribution in [2.75, 3.05) is 14.1 Å². The molecule has 0 aromatic heterocycles. The van der Waals surface area contributed by atoms with Crippen LogP contribution in [0.2, 0.25) is 0 Å². The van der Waals surface area contributed by atoms with Gasteiger partial charge in [-0.3, -0.25) is 19.4 Å². The summed E-state index contributed by atoms with van der Waals surface area (Å²) >= 11 is 0. The third-order valence-electron chi connectivity index (χ3n) is 3.30. The van der Waals surface area contributed by atoms with Crippen LogP contribution in [0.3, 0.4) is 0 Å². The summed E-state index contributed by atoms with van der Waals surface area (Å²) in [6.07, 6.45) is 0. The number of barbiturate groups is 1. The second-order valence-corrected chi connectivity index (χ2v) is 4.64. The molecule has 0 aromatic carbocycles. The number of hydrogen-bond acceptors (Lipinski definition) is 3. The fraction of sp³-hybridized carbons (Fsp3) is 0.462. The van der Waals surface area contributed by atoms with E-state index < -0.39 is 17.8 Å². The minimum Gasteiger partial charge on any atom is -0.268 e. The van der Waals surface area contributed by atoms with Crippen LogP contribution in [0.15, 0.2) is 22.3 Å². The number of carbonyl (C=O) groups is 3. The Morgan fingerprint density at radius 2 is 1.22 bits per heavy atom. The van der Waals surface area contributed by atoms with Crippen LogP contribution in [0.1, 0.15) is 27.7 Å². The van der Waals surface area contributed by atoms with Gasteiger partial charge >= 0.3 is 6.03 Å². The predicted octanol–water partition coefficient (Wildman–Crippen LogP) is 1.71. The number of likely N-dealkylation sites (N-methyl/N-ethyl adjacent to an activating group) is 2. The molecule has 0 aliphatic carbocycles. The largest absolute Gasteiger partial charge is 0.333 e. The zero-order chi connectivity index (χ0) is 14.2. The number of carbonyl (C=O) groups excluding carboxylic acids is 3. The first kappa shape index (κ1) is 14.2. The quantitative estimate of drug-likeness (QED) is 0.526. The van der Waals surface area contributed by atoms with Crippen molar-refractivity contribution in [2.45, 2.75) is 27.7 Å². The Kier molecular flexibility index (Phi) is 3.74. The standard InChI is InChI=1S/C13H18N2O3/c1-7(2)8(3)9(4)10-11(16)14(5)13(18)15(6)12(10)17/h1-6H3. The van der Waals surface area contributed by atoms with Gasteiger partial charge in [0.15, 0.2) is 0 Å². The van der Waals surface area contributed by atoms with Gasteiger partial charge in [-0.1, -0.05) is 5.57 Å². The number of hydrogen-bond donors (Lipinski definition) is 0. The van der Waals surface area contributed by atoms with E-state index in [1.165, 1.54) is 14.1 Å². The monoisotopic (exact) mass is 250 g/mol. The highest BCUT2D eigenvalue weighted by Gasteiger charge is 2.39. The molecule has 0 unspecified atom stereocenters. The molecule has 0 saturated carbocycles. The van der Waals surface area contributed by atoms with E-state index in [2.05, 4.69) is 0 Å². The molecular weight excluding hydrogens is 232 g/mol. The molecule has 0 N–H and O–H groups in total. The molecule has 0 aromatic rings. The molecule has 0 radical (unpaired) electrons. The zero-order valence-corrected chi connectivity index (χ0v) is 11.6. The van der Waals surface area contributed by atoms with Crippen molar-refractivity contribution in [1.29, 1.82) is 0 Å². The first-order valence-corrected chi connectivity index (χ1v) is 5.65. The predicted molar refractivity (Wildman–Crippen MR) is 67.7 cm³/mol. The maximum Gasteiger partial charge on any atom is 0.333 e. The van der Waals surface area contributed by atoms with E-state index in [9.17, 15) is 14.4 Å². The van der Waals surface area contributed by atoms with Gasteiger partial charge in [-0.2, -0.15) is 0 Å². The SMILES string of the molecule is CC(C)=C(C)C(C)=C1C(=O)N(C)C(=O)N(C)C1=O. The molecule has 1 heterocycles. The zero-order valence-electron chi connectivity index (χ0n) is 11.6. The van der Waals surface area contributed by atoms with Gasteiger partial charge in [0.25, 0.3) is 11.8 Å². The topological polar surface area (TPSA) is 57.7 Å². The van der Waals surface area contributed by atoms with Crippen molar-refractivity contribution < 1.29 is 14.4 Å². The highest BCUT2D eigenvalue weighted by molar-refractivity contribution is 6.29. The summed E-state index contributed by atoms with van der Waals surface area (Å²) in [4.78, 5) is 37.6. The Morgan fingerprint density at radius 3 is 1.56 bits per heavy atom. The van der Waals surface area contributed by atoms with Gasteiger partial charge in [-0.05, 0) is 38.8 Å². The fourth-order valence-electron chi connectivity index (χ4n) is 1.71. The highest BCUT2D eigenvalue weighted by atomic mass is 16.2. The number of urea groups is 1. The summed E-state index contributed by atoms with van der Waals surface area (Å²) in [7, 11) is 2.75. The Morgan fingerprint density at radius 1 is 0.833 bits per heavy atom. The highest BCUT2D eigenvalue weighted by Crippen LogP contribution is 2.23. The van der Waals surface area contributed by atoms with Gasteiger partial charge in [-0.15, -0.1) is 0 Å². The average molecular weight is 250 g/mol. The molecule has 1 fully saturated rings. The number of imide groups is 2. The van der Waals surface area contributed by atoms with Gasteiger partial charge in [0.1, 0.15) is 5.57 Å². The van der Waals surface area contributed by atoms with Crippen LogP contribution in [-0.4, -0.2) is 41.7 Å². The van der Waals surface area contributed by atoms with E-state index in [0.717, 1.165) is 20.9 Å². The van der Waals surface area contributed by atoms with Crippen LogP contribution >= 0.6 is 0 Å². The van der Waals surface area contributed by atoms with E-state index in [1.807, 2.05) is 20.8 Å². The summed E-state index contributed by atoms with van der Waals surface area (Å²) in [5.74, 6) is -1.08. The van der Waals surface area contributed by atoms with E-state index in [1.54, 1.807) is 6.92 Å². The van der Waals surface area contributed by atoms with Gasteiger partial charge < -0.3 is 0 Å².